The molecule has 0 saturated heterocycles. The SMILES string of the molecule is CC(C)c1cc(=O)n2c(n1)CCCC2. The predicted octanol–water partition coefficient (Wildman–Crippen LogP) is 1.70. The predicted molar refractivity (Wildman–Crippen MR) is 55.5 cm³/mol. The maximum absolute atomic E-state index is 11.7. The number of aryl methyl sites for hydroxylation is 1. The topological polar surface area (TPSA) is 34.9 Å². The second-order valence-electron chi connectivity index (χ2n) is 4.20. The van der Waals surface area contributed by atoms with E-state index in [1.807, 2.05) is 4.57 Å². The third kappa shape index (κ3) is 1.59. The molecule has 1 aromatic rings. The highest BCUT2D eigenvalue weighted by Crippen LogP contribution is 2.14. The second kappa shape index (κ2) is 3.56. The van der Waals surface area contributed by atoms with Crippen molar-refractivity contribution in [3.05, 3.63) is 27.9 Å². The summed E-state index contributed by atoms with van der Waals surface area (Å²) in [5, 5.41) is 0. The lowest BCUT2D eigenvalue weighted by molar-refractivity contribution is 0.490. The maximum atomic E-state index is 11.7. The zero-order valence-electron chi connectivity index (χ0n) is 8.79. The van der Waals surface area contributed by atoms with Gasteiger partial charge in [0.25, 0.3) is 5.56 Å². The lowest BCUT2D eigenvalue weighted by Gasteiger charge is -2.18. The number of aromatic nitrogens is 2. The van der Waals surface area contributed by atoms with Gasteiger partial charge in [0.1, 0.15) is 5.82 Å². The molecule has 1 aliphatic rings. The van der Waals surface area contributed by atoms with E-state index in [2.05, 4.69) is 18.8 Å². The standard InChI is InChI=1S/C11H16N2O/c1-8(2)9-7-11(14)13-6-4-3-5-10(13)12-9/h7-8H,3-6H2,1-2H3. The number of fused-ring (bicyclic) bond motifs is 1. The smallest absolute Gasteiger partial charge is 0.253 e. The average molecular weight is 192 g/mol. The summed E-state index contributed by atoms with van der Waals surface area (Å²) in [5.74, 6) is 1.32. The minimum Gasteiger partial charge on any atom is -0.297 e. The molecule has 2 rings (SSSR count). The van der Waals surface area contributed by atoms with Gasteiger partial charge in [0.15, 0.2) is 0 Å². The Morgan fingerprint density at radius 3 is 2.93 bits per heavy atom. The van der Waals surface area contributed by atoms with Gasteiger partial charge in [-0.05, 0) is 18.8 Å². The van der Waals surface area contributed by atoms with Crippen LogP contribution in [-0.2, 0) is 13.0 Å². The van der Waals surface area contributed by atoms with Gasteiger partial charge in [-0.3, -0.25) is 9.36 Å². The van der Waals surface area contributed by atoms with Crippen molar-refractivity contribution in [2.75, 3.05) is 0 Å². The maximum Gasteiger partial charge on any atom is 0.253 e. The van der Waals surface area contributed by atoms with E-state index in [-0.39, 0.29) is 5.56 Å². The summed E-state index contributed by atoms with van der Waals surface area (Å²) in [5.41, 5.74) is 1.06. The first-order valence-electron chi connectivity index (χ1n) is 5.29. The highest BCUT2D eigenvalue weighted by molar-refractivity contribution is 5.09. The van der Waals surface area contributed by atoms with Gasteiger partial charge < -0.3 is 0 Å². The van der Waals surface area contributed by atoms with Gasteiger partial charge >= 0.3 is 0 Å². The average Bonchev–Trinajstić information content (AvgIpc) is 2.17. The lowest BCUT2D eigenvalue weighted by Crippen LogP contribution is -2.28. The zero-order chi connectivity index (χ0) is 10.1. The van der Waals surface area contributed by atoms with E-state index in [0.717, 1.165) is 37.3 Å². The van der Waals surface area contributed by atoms with Crippen LogP contribution in [0.2, 0.25) is 0 Å². The molecule has 0 spiro atoms. The normalized spacial score (nSPS) is 15.6. The fourth-order valence-electron chi connectivity index (χ4n) is 1.85. The van der Waals surface area contributed by atoms with Gasteiger partial charge in [-0.15, -0.1) is 0 Å². The van der Waals surface area contributed by atoms with Gasteiger partial charge in [0, 0.05) is 19.0 Å². The van der Waals surface area contributed by atoms with Crippen LogP contribution in [0.1, 0.15) is 44.1 Å². The van der Waals surface area contributed by atoms with Gasteiger partial charge in [-0.1, -0.05) is 13.8 Å². The number of rotatable bonds is 1. The first-order chi connectivity index (χ1) is 6.68. The molecule has 0 unspecified atom stereocenters. The number of nitrogens with zero attached hydrogens (tertiary/aromatic N) is 2. The molecule has 2 heterocycles. The van der Waals surface area contributed by atoms with Gasteiger partial charge in [0.2, 0.25) is 0 Å². The van der Waals surface area contributed by atoms with E-state index in [9.17, 15) is 4.79 Å². The molecule has 0 fully saturated rings. The molecule has 1 aliphatic heterocycles. The molecule has 0 radical (unpaired) electrons. The number of hydrogen-bond donors (Lipinski definition) is 0. The largest absolute Gasteiger partial charge is 0.297 e. The van der Waals surface area contributed by atoms with Crippen molar-refractivity contribution >= 4 is 0 Å². The molecule has 0 aliphatic carbocycles. The molecule has 76 valence electrons. The quantitative estimate of drug-likeness (QED) is 0.679. The van der Waals surface area contributed by atoms with E-state index < -0.39 is 0 Å². The molecular formula is C11H16N2O. The van der Waals surface area contributed by atoms with Crippen molar-refractivity contribution in [2.45, 2.75) is 45.6 Å². The first kappa shape index (κ1) is 9.44. The Morgan fingerprint density at radius 2 is 2.21 bits per heavy atom. The molecular weight excluding hydrogens is 176 g/mol. The molecule has 3 nitrogen and oxygen atoms in total. The zero-order valence-corrected chi connectivity index (χ0v) is 8.79. The summed E-state index contributed by atoms with van der Waals surface area (Å²) in [4.78, 5) is 16.2. The van der Waals surface area contributed by atoms with Crippen LogP contribution < -0.4 is 5.56 Å². The molecule has 0 amide bonds. The fraction of sp³-hybridized carbons (Fsp3) is 0.636. The van der Waals surface area contributed by atoms with Crippen LogP contribution in [0.5, 0.6) is 0 Å². The lowest BCUT2D eigenvalue weighted by atomic mass is 10.1. The number of hydrogen-bond acceptors (Lipinski definition) is 2. The second-order valence-corrected chi connectivity index (χ2v) is 4.20. The van der Waals surface area contributed by atoms with E-state index in [0.29, 0.717) is 5.92 Å². The van der Waals surface area contributed by atoms with E-state index in [1.165, 1.54) is 0 Å². The van der Waals surface area contributed by atoms with Crippen molar-refractivity contribution < 1.29 is 0 Å². The van der Waals surface area contributed by atoms with E-state index >= 15 is 0 Å². The van der Waals surface area contributed by atoms with Crippen LogP contribution in [0.15, 0.2) is 10.9 Å². The molecule has 0 N–H and O–H groups in total. The molecule has 0 atom stereocenters. The summed E-state index contributed by atoms with van der Waals surface area (Å²) in [6.45, 7) is 4.99. The van der Waals surface area contributed by atoms with Gasteiger partial charge in [-0.25, -0.2) is 4.98 Å². The van der Waals surface area contributed by atoms with Crippen LogP contribution in [-0.4, -0.2) is 9.55 Å². The first-order valence-corrected chi connectivity index (χ1v) is 5.29. The monoisotopic (exact) mass is 192 g/mol. The summed E-state index contributed by atoms with van der Waals surface area (Å²) in [6, 6.07) is 1.68. The summed E-state index contributed by atoms with van der Waals surface area (Å²) < 4.78 is 1.81. The van der Waals surface area contributed by atoms with Crippen LogP contribution in [0.3, 0.4) is 0 Å². The third-order valence-corrected chi connectivity index (χ3v) is 2.73. The molecule has 0 bridgehead atoms. The Hall–Kier alpha value is -1.12. The Balaban J connectivity index is 2.52. The summed E-state index contributed by atoms with van der Waals surface area (Å²) in [6.07, 6.45) is 3.22. The highest BCUT2D eigenvalue weighted by Gasteiger charge is 2.13. The molecule has 0 aromatic carbocycles. The molecule has 1 aromatic heterocycles. The van der Waals surface area contributed by atoms with Gasteiger partial charge in [-0.2, -0.15) is 0 Å². The molecule has 0 saturated carbocycles. The van der Waals surface area contributed by atoms with E-state index in [4.69, 9.17) is 0 Å². The Labute approximate surface area is 83.8 Å². The third-order valence-electron chi connectivity index (χ3n) is 2.73. The van der Waals surface area contributed by atoms with Gasteiger partial charge in [0.05, 0.1) is 5.69 Å². The van der Waals surface area contributed by atoms with Crippen molar-refractivity contribution in [1.29, 1.82) is 0 Å². The Bertz CT molecular complexity index is 393. The fourth-order valence-corrected chi connectivity index (χ4v) is 1.85. The van der Waals surface area contributed by atoms with Crippen molar-refractivity contribution in [3.8, 4) is 0 Å². The summed E-state index contributed by atoms with van der Waals surface area (Å²) in [7, 11) is 0. The summed E-state index contributed by atoms with van der Waals surface area (Å²) >= 11 is 0. The van der Waals surface area contributed by atoms with Crippen molar-refractivity contribution in [1.82, 2.24) is 9.55 Å². The highest BCUT2D eigenvalue weighted by atomic mass is 16.1. The molecule has 3 heteroatoms. The van der Waals surface area contributed by atoms with Crippen molar-refractivity contribution in [3.63, 3.8) is 0 Å². The minimum absolute atomic E-state index is 0.124. The van der Waals surface area contributed by atoms with Crippen molar-refractivity contribution in [2.24, 2.45) is 0 Å². The van der Waals surface area contributed by atoms with Crippen LogP contribution in [0, 0.1) is 0 Å². The van der Waals surface area contributed by atoms with Crippen LogP contribution in [0.25, 0.3) is 0 Å². The van der Waals surface area contributed by atoms with Crippen LogP contribution in [0.4, 0.5) is 0 Å². The molecule has 14 heavy (non-hydrogen) atoms. The Morgan fingerprint density at radius 1 is 1.43 bits per heavy atom. The van der Waals surface area contributed by atoms with E-state index in [1.54, 1.807) is 6.07 Å². The Kier molecular flexibility index (Phi) is 2.40. The van der Waals surface area contributed by atoms with Crippen LogP contribution >= 0.6 is 0 Å². The minimum atomic E-state index is 0.124.